The predicted octanol–water partition coefficient (Wildman–Crippen LogP) is 5.40. The number of fused-ring (bicyclic) bond motifs is 4. The first-order chi connectivity index (χ1) is 13.7. The molecule has 170 valence electrons. The van der Waals surface area contributed by atoms with E-state index in [2.05, 4.69) is 79.5 Å². The van der Waals surface area contributed by atoms with Gasteiger partial charge in [-0.05, 0) is 87.4 Å². The van der Waals surface area contributed by atoms with E-state index in [-0.39, 0.29) is 0 Å². The van der Waals surface area contributed by atoms with Crippen LogP contribution in [0.5, 0.6) is 0 Å². The SMILES string of the molecule is CN(C)CCN(C)C.[B][C@H]1C[C@H]2C[C@@H]([C@@H]1C)C2(C)C.[B][C@H]1C[C@H]2C[C@@H]([C@@H]1C)C2(C)C. The van der Waals surface area contributed by atoms with Crippen LogP contribution in [0.15, 0.2) is 0 Å². The van der Waals surface area contributed by atoms with Crippen LogP contribution in [0.2, 0.25) is 11.6 Å². The molecular weight excluding hydrogens is 362 g/mol. The molecule has 4 heteroatoms. The fraction of sp³-hybridized carbons (Fsp3) is 1.00. The summed E-state index contributed by atoms with van der Waals surface area (Å²) in [6, 6.07) is 0. The van der Waals surface area contributed by atoms with E-state index in [4.69, 9.17) is 15.7 Å². The maximum Gasteiger partial charge on any atom is 0.0703 e. The van der Waals surface area contributed by atoms with Crippen LogP contribution >= 0.6 is 0 Å². The fourth-order valence-corrected chi connectivity index (χ4v) is 6.78. The highest BCUT2D eigenvalue weighted by Crippen LogP contribution is 2.64. The maximum atomic E-state index is 6.02. The normalized spacial score (nSPS) is 42.1. The largest absolute Gasteiger partial charge is 0.308 e. The van der Waals surface area contributed by atoms with E-state index in [1.165, 1.54) is 25.7 Å². The topological polar surface area (TPSA) is 6.48 Å². The van der Waals surface area contributed by atoms with Crippen LogP contribution < -0.4 is 0 Å². The van der Waals surface area contributed by atoms with Crippen molar-refractivity contribution in [2.45, 2.75) is 78.9 Å². The van der Waals surface area contributed by atoms with E-state index >= 15 is 0 Å². The van der Waals surface area contributed by atoms with Crippen LogP contribution in [-0.4, -0.2) is 66.8 Å². The molecule has 8 atom stereocenters. The van der Waals surface area contributed by atoms with Gasteiger partial charge in [0, 0.05) is 13.1 Å². The minimum Gasteiger partial charge on any atom is -0.308 e. The van der Waals surface area contributed by atoms with Gasteiger partial charge in [0.1, 0.15) is 0 Å². The summed E-state index contributed by atoms with van der Waals surface area (Å²) in [4.78, 5) is 4.36. The smallest absolute Gasteiger partial charge is 0.0703 e. The Hall–Kier alpha value is 0.0499. The summed E-state index contributed by atoms with van der Waals surface area (Å²) in [5, 5.41) is 0. The zero-order valence-electron chi connectivity index (χ0n) is 21.9. The summed E-state index contributed by atoms with van der Waals surface area (Å²) >= 11 is 0. The lowest BCUT2D eigenvalue weighted by Crippen LogP contribution is -2.53. The highest BCUT2D eigenvalue weighted by molar-refractivity contribution is 6.12. The molecular formula is C26H50B2N2. The van der Waals surface area contributed by atoms with Gasteiger partial charge in [-0.2, -0.15) is 0 Å². The second-order valence-electron chi connectivity index (χ2n) is 12.8. The van der Waals surface area contributed by atoms with E-state index < -0.39 is 0 Å². The maximum absolute atomic E-state index is 6.02. The second kappa shape index (κ2) is 9.90. The molecule has 0 heterocycles. The van der Waals surface area contributed by atoms with E-state index in [1.807, 2.05) is 0 Å². The van der Waals surface area contributed by atoms with E-state index in [0.717, 1.165) is 48.6 Å². The van der Waals surface area contributed by atoms with Crippen molar-refractivity contribution in [1.29, 1.82) is 0 Å². The average molecular weight is 412 g/mol. The van der Waals surface area contributed by atoms with E-state index in [0.29, 0.717) is 22.5 Å². The van der Waals surface area contributed by atoms with Crippen molar-refractivity contribution in [2.75, 3.05) is 41.3 Å². The first-order valence-corrected chi connectivity index (χ1v) is 12.5. The summed E-state index contributed by atoms with van der Waals surface area (Å²) in [5.41, 5.74) is 1.21. The number of hydrogen-bond acceptors (Lipinski definition) is 2. The highest BCUT2D eigenvalue weighted by Gasteiger charge is 2.55. The predicted molar refractivity (Wildman–Crippen MR) is 134 cm³/mol. The van der Waals surface area contributed by atoms with Gasteiger partial charge in [0.25, 0.3) is 0 Å². The lowest BCUT2D eigenvalue weighted by Gasteiger charge is -2.62. The molecule has 30 heavy (non-hydrogen) atoms. The monoisotopic (exact) mass is 412 g/mol. The molecule has 0 aromatic carbocycles. The summed E-state index contributed by atoms with van der Waals surface area (Å²) in [5.74, 6) is 6.19. The van der Waals surface area contributed by atoms with Crippen LogP contribution in [0.3, 0.4) is 0 Å². The summed E-state index contributed by atoms with van der Waals surface area (Å²) < 4.78 is 0. The van der Waals surface area contributed by atoms with E-state index in [9.17, 15) is 0 Å². The van der Waals surface area contributed by atoms with Gasteiger partial charge in [0.2, 0.25) is 0 Å². The van der Waals surface area contributed by atoms with Gasteiger partial charge in [0.05, 0.1) is 15.7 Å². The summed E-state index contributed by atoms with van der Waals surface area (Å²) in [6.07, 6.45) is 5.43. The van der Waals surface area contributed by atoms with Crippen molar-refractivity contribution in [3.8, 4) is 0 Å². The summed E-state index contributed by atoms with van der Waals surface area (Å²) in [6.45, 7) is 16.6. The Morgan fingerprint density at radius 3 is 1.10 bits per heavy atom. The molecule has 4 bridgehead atoms. The number of likely N-dealkylation sites (N-methyl/N-ethyl adjacent to an activating group) is 2. The standard InChI is InChI=1S/2C10H17B.C6H16N2/c2*1-6-8-4-7(5-9(6)11)10(8,2)3;1-7(2)5-6-8(3)4/h2*6-9H,4-5H2,1-3H3;5-6H2,1-4H3/t2*6-,7+,8-,9-;/m00./s1. The summed E-state index contributed by atoms with van der Waals surface area (Å²) in [7, 11) is 20.4. The zero-order valence-corrected chi connectivity index (χ0v) is 21.9. The lowest BCUT2D eigenvalue weighted by atomic mass is 9.41. The Morgan fingerprint density at radius 1 is 0.633 bits per heavy atom. The molecule has 6 saturated carbocycles. The van der Waals surface area contributed by atoms with Gasteiger partial charge in [-0.1, -0.05) is 66.0 Å². The molecule has 0 saturated heterocycles. The van der Waals surface area contributed by atoms with Crippen LogP contribution in [0.1, 0.15) is 67.2 Å². The Bertz CT molecular complexity index is 497. The fourth-order valence-electron chi connectivity index (χ4n) is 6.78. The van der Waals surface area contributed by atoms with Crippen LogP contribution in [0, 0.1) is 46.3 Å². The molecule has 0 N–H and O–H groups in total. The number of nitrogens with zero attached hydrogens (tertiary/aromatic N) is 2. The van der Waals surface area contributed by atoms with Gasteiger partial charge in [-0.15, -0.1) is 0 Å². The molecule has 6 fully saturated rings. The third-order valence-electron chi connectivity index (χ3n) is 9.82. The average Bonchev–Trinajstić information content (AvgIpc) is 2.64. The van der Waals surface area contributed by atoms with Crippen molar-refractivity contribution >= 4 is 15.7 Å². The Balaban J connectivity index is 0.000000163. The Kier molecular flexibility index (Phi) is 8.68. The van der Waals surface area contributed by atoms with Crippen LogP contribution in [0.4, 0.5) is 0 Å². The molecule has 4 radical (unpaired) electrons. The van der Waals surface area contributed by atoms with Crippen molar-refractivity contribution in [2.24, 2.45) is 46.3 Å². The van der Waals surface area contributed by atoms with Gasteiger partial charge in [-0.25, -0.2) is 0 Å². The molecule has 6 aliphatic carbocycles. The zero-order chi connectivity index (χ0) is 23.0. The molecule has 0 aromatic rings. The van der Waals surface area contributed by atoms with Gasteiger partial charge >= 0.3 is 0 Å². The molecule has 0 aliphatic heterocycles. The number of hydrogen-bond donors (Lipinski definition) is 0. The van der Waals surface area contributed by atoms with Crippen LogP contribution in [0.25, 0.3) is 0 Å². The van der Waals surface area contributed by atoms with Crippen molar-refractivity contribution < 1.29 is 0 Å². The molecule has 0 aromatic heterocycles. The molecule has 6 rings (SSSR count). The second-order valence-corrected chi connectivity index (χ2v) is 12.8. The minimum absolute atomic E-state index is 0.492. The van der Waals surface area contributed by atoms with Crippen molar-refractivity contribution in [3.63, 3.8) is 0 Å². The Labute approximate surface area is 192 Å². The quantitative estimate of drug-likeness (QED) is 0.573. The first-order valence-electron chi connectivity index (χ1n) is 12.5. The third kappa shape index (κ3) is 5.51. The highest BCUT2D eigenvalue weighted by atomic mass is 15.1. The Morgan fingerprint density at radius 2 is 0.933 bits per heavy atom. The molecule has 6 aliphatic rings. The minimum atomic E-state index is 0.492. The first kappa shape index (κ1) is 26.3. The van der Waals surface area contributed by atoms with E-state index in [1.54, 1.807) is 0 Å². The number of rotatable bonds is 3. The molecule has 0 amide bonds. The molecule has 0 unspecified atom stereocenters. The molecule has 2 nitrogen and oxygen atoms in total. The lowest BCUT2D eigenvalue weighted by molar-refractivity contribution is -0.0980. The van der Waals surface area contributed by atoms with Crippen molar-refractivity contribution in [1.82, 2.24) is 9.80 Å². The van der Waals surface area contributed by atoms with Gasteiger partial charge in [0.15, 0.2) is 0 Å². The van der Waals surface area contributed by atoms with Crippen molar-refractivity contribution in [3.05, 3.63) is 0 Å². The van der Waals surface area contributed by atoms with Gasteiger partial charge < -0.3 is 9.80 Å². The van der Waals surface area contributed by atoms with Crippen LogP contribution in [-0.2, 0) is 0 Å². The van der Waals surface area contributed by atoms with Gasteiger partial charge in [-0.3, -0.25) is 0 Å². The molecule has 0 spiro atoms. The third-order valence-corrected chi connectivity index (χ3v) is 9.82.